The van der Waals surface area contributed by atoms with Gasteiger partial charge in [-0.1, -0.05) is 6.07 Å². The molecular weight excluding hydrogens is 455 g/mol. The summed E-state index contributed by atoms with van der Waals surface area (Å²) in [6.45, 7) is 4.12. The van der Waals surface area contributed by atoms with Crippen LogP contribution >= 0.6 is 35.3 Å². The molecule has 0 aliphatic rings. The maximum atomic E-state index is 11.8. The minimum atomic E-state index is -0.0130. The molecule has 1 aromatic heterocycles. The van der Waals surface area contributed by atoms with E-state index in [1.54, 1.807) is 14.2 Å². The predicted octanol–water partition coefficient (Wildman–Crippen LogP) is 1.70. The summed E-state index contributed by atoms with van der Waals surface area (Å²) < 4.78 is 10.3. The highest BCUT2D eigenvalue weighted by atomic mass is 127. The molecule has 1 rings (SSSR count). The molecule has 0 atom stereocenters. The number of ether oxygens (including phenoxy) is 2. The number of hydrogen-bond donors (Lipinski definition) is 3. The molecule has 0 aliphatic carbocycles. The number of hydrogen-bond acceptors (Lipinski definition) is 5. The lowest BCUT2D eigenvalue weighted by Gasteiger charge is -2.12. The van der Waals surface area contributed by atoms with Gasteiger partial charge in [0.25, 0.3) is 5.91 Å². The molecule has 0 saturated heterocycles. The maximum Gasteiger partial charge on any atom is 0.261 e. The molecular formula is C16H29IN4O3S. The maximum absolute atomic E-state index is 11.8. The second kappa shape index (κ2) is 16.6. The van der Waals surface area contributed by atoms with Crippen LogP contribution < -0.4 is 16.0 Å². The molecule has 1 aromatic rings. The molecule has 25 heavy (non-hydrogen) atoms. The van der Waals surface area contributed by atoms with Gasteiger partial charge in [0.15, 0.2) is 5.96 Å². The van der Waals surface area contributed by atoms with E-state index in [-0.39, 0.29) is 29.9 Å². The number of nitrogens with one attached hydrogen (secondary N) is 3. The van der Waals surface area contributed by atoms with Crippen LogP contribution in [0.5, 0.6) is 0 Å². The van der Waals surface area contributed by atoms with Gasteiger partial charge in [0.05, 0.1) is 18.1 Å². The smallest absolute Gasteiger partial charge is 0.261 e. The van der Waals surface area contributed by atoms with Crippen molar-refractivity contribution in [3.05, 3.63) is 22.4 Å². The van der Waals surface area contributed by atoms with Gasteiger partial charge in [0.2, 0.25) is 0 Å². The summed E-state index contributed by atoms with van der Waals surface area (Å²) >= 11 is 1.45. The highest BCUT2D eigenvalue weighted by molar-refractivity contribution is 14.0. The van der Waals surface area contributed by atoms with Gasteiger partial charge in [-0.25, -0.2) is 0 Å². The Bertz CT molecular complexity index is 472. The lowest BCUT2D eigenvalue weighted by molar-refractivity contribution is 0.0698. The number of amides is 1. The largest absolute Gasteiger partial charge is 0.382 e. The topological polar surface area (TPSA) is 84.0 Å². The monoisotopic (exact) mass is 484 g/mol. The van der Waals surface area contributed by atoms with Crippen LogP contribution in [-0.2, 0) is 9.47 Å². The van der Waals surface area contributed by atoms with E-state index in [1.807, 2.05) is 17.5 Å². The normalized spacial score (nSPS) is 10.9. The summed E-state index contributed by atoms with van der Waals surface area (Å²) in [5, 5.41) is 11.2. The first-order valence-electron chi connectivity index (χ1n) is 8.11. The second-order valence-corrected chi connectivity index (χ2v) is 5.92. The van der Waals surface area contributed by atoms with Gasteiger partial charge in [-0.15, -0.1) is 35.3 Å². The van der Waals surface area contributed by atoms with E-state index in [0.717, 1.165) is 36.8 Å². The van der Waals surface area contributed by atoms with Crippen molar-refractivity contribution in [3.8, 4) is 0 Å². The zero-order valence-electron chi connectivity index (χ0n) is 14.9. The first-order valence-corrected chi connectivity index (χ1v) is 8.98. The zero-order chi connectivity index (χ0) is 17.5. The number of rotatable bonds is 12. The number of methoxy groups -OCH3 is 1. The molecule has 0 bridgehead atoms. The third kappa shape index (κ3) is 12.1. The Morgan fingerprint density at radius 2 is 1.84 bits per heavy atom. The van der Waals surface area contributed by atoms with Crippen LogP contribution in [0.25, 0.3) is 0 Å². The van der Waals surface area contributed by atoms with E-state index in [1.165, 1.54) is 11.3 Å². The van der Waals surface area contributed by atoms with Crippen LogP contribution in [0.1, 0.15) is 22.5 Å². The van der Waals surface area contributed by atoms with E-state index in [9.17, 15) is 4.79 Å². The number of carbonyl (C=O) groups excluding carboxylic acids is 1. The van der Waals surface area contributed by atoms with Crippen LogP contribution in [0.2, 0.25) is 0 Å². The van der Waals surface area contributed by atoms with Gasteiger partial charge in [-0.3, -0.25) is 9.79 Å². The first kappa shape index (κ1) is 24.1. The number of carbonyl (C=O) groups is 1. The molecule has 0 unspecified atom stereocenters. The minimum Gasteiger partial charge on any atom is -0.382 e. The van der Waals surface area contributed by atoms with Crippen molar-refractivity contribution in [1.29, 1.82) is 0 Å². The van der Waals surface area contributed by atoms with Gasteiger partial charge in [-0.2, -0.15) is 0 Å². The van der Waals surface area contributed by atoms with Gasteiger partial charge in [0, 0.05) is 40.4 Å². The molecule has 0 saturated carbocycles. The molecule has 144 valence electrons. The number of halogens is 1. The fourth-order valence-corrected chi connectivity index (χ4v) is 2.48. The molecule has 7 nitrogen and oxygen atoms in total. The summed E-state index contributed by atoms with van der Waals surface area (Å²) in [5.74, 6) is 0.748. The molecule has 0 aromatic carbocycles. The average molecular weight is 484 g/mol. The Hall–Kier alpha value is -0.910. The summed E-state index contributed by atoms with van der Waals surface area (Å²) in [5.41, 5.74) is 0. The van der Waals surface area contributed by atoms with Crippen molar-refractivity contribution in [3.63, 3.8) is 0 Å². The van der Waals surface area contributed by atoms with Crippen LogP contribution in [0, 0.1) is 0 Å². The summed E-state index contributed by atoms with van der Waals surface area (Å²) in [6, 6.07) is 3.70. The molecule has 0 spiro atoms. The highest BCUT2D eigenvalue weighted by Gasteiger charge is 2.04. The molecule has 0 aliphatic heterocycles. The number of aliphatic imine (C=N–C) groups is 1. The Morgan fingerprint density at radius 3 is 2.48 bits per heavy atom. The molecule has 1 amide bonds. The van der Waals surface area contributed by atoms with E-state index in [2.05, 4.69) is 20.9 Å². The first-order chi connectivity index (χ1) is 11.8. The fourth-order valence-electron chi connectivity index (χ4n) is 1.84. The molecule has 9 heteroatoms. The standard InChI is InChI=1S/C16H28N4O3S.HI/c1-17-16(20-9-5-10-23-12-11-22-2)19-8-4-7-18-15(21)14-6-3-13-24-14;/h3,6,13H,4-5,7-12H2,1-2H3,(H,18,21)(H2,17,19,20);1H. The van der Waals surface area contributed by atoms with Crippen molar-refractivity contribution in [2.75, 3.05) is 53.6 Å². The third-order valence-electron chi connectivity index (χ3n) is 3.09. The highest BCUT2D eigenvalue weighted by Crippen LogP contribution is 2.07. The van der Waals surface area contributed by atoms with E-state index in [4.69, 9.17) is 9.47 Å². The second-order valence-electron chi connectivity index (χ2n) is 4.97. The zero-order valence-corrected chi connectivity index (χ0v) is 18.0. The quantitative estimate of drug-likeness (QED) is 0.182. The average Bonchev–Trinajstić information content (AvgIpc) is 3.13. The van der Waals surface area contributed by atoms with Crippen molar-refractivity contribution in [2.45, 2.75) is 12.8 Å². The van der Waals surface area contributed by atoms with E-state index >= 15 is 0 Å². The van der Waals surface area contributed by atoms with Gasteiger partial charge < -0.3 is 25.4 Å². The Kier molecular flexibility index (Phi) is 16.0. The van der Waals surface area contributed by atoms with Crippen molar-refractivity contribution in [1.82, 2.24) is 16.0 Å². The molecule has 0 radical (unpaired) electrons. The van der Waals surface area contributed by atoms with Crippen LogP contribution in [0.4, 0.5) is 0 Å². The number of guanidine groups is 1. The van der Waals surface area contributed by atoms with E-state index in [0.29, 0.717) is 26.4 Å². The fraction of sp³-hybridized carbons (Fsp3) is 0.625. The lowest BCUT2D eigenvalue weighted by atomic mass is 10.4. The van der Waals surface area contributed by atoms with Crippen LogP contribution in [0.15, 0.2) is 22.5 Å². The van der Waals surface area contributed by atoms with Crippen molar-refractivity contribution >= 4 is 47.2 Å². The Balaban J connectivity index is 0.00000576. The summed E-state index contributed by atoms with van der Waals surface area (Å²) in [7, 11) is 3.40. The van der Waals surface area contributed by atoms with Crippen molar-refractivity contribution < 1.29 is 14.3 Å². The Labute approximate surface area is 171 Å². The van der Waals surface area contributed by atoms with Crippen LogP contribution in [-0.4, -0.2) is 65.5 Å². The van der Waals surface area contributed by atoms with Gasteiger partial charge in [-0.05, 0) is 24.3 Å². The molecule has 1 heterocycles. The van der Waals surface area contributed by atoms with E-state index < -0.39 is 0 Å². The lowest BCUT2D eigenvalue weighted by Crippen LogP contribution is -2.39. The van der Waals surface area contributed by atoms with Crippen LogP contribution in [0.3, 0.4) is 0 Å². The molecule has 0 fully saturated rings. The summed E-state index contributed by atoms with van der Waals surface area (Å²) in [6.07, 6.45) is 1.74. The summed E-state index contributed by atoms with van der Waals surface area (Å²) in [4.78, 5) is 16.7. The SMILES string of the molecule is CN=C(NCCCNC(=O)c1cccs1)NCCCOCCOC.I. The van der Waals surface area contributed by atoms with Crippen molar-refractivity contribution in [2.24, 2.45) is 4.99 Å². The predicted molar refractivity (Wildman–Crippen MR) is 113 cm³/mol. The third-order valence-corrected chi connectivity index (χ3v) is 3.96. The Morgan fingerprint density at radius 1 is 1.12 bits per heavy atom. The van der Waals surface area contributed by atoms with Gasteiger partial charge in [0.1, 0.15) is 0 Å². The number of nitrogens with zero attached hydrogens (tertiary/aromatic N) is 1. The van der Waals surface area contributed by atoms with Gasteiger partial charge >= 0.3 is 0 Å². The number of thiophene rings is 1. The minimum absolute atomic E-state index is 0. The molecule has 3 N–H and O–H groups in total.